The van der Waals surface area contributed by atoms with Gasteiger partial charge >= 0.3 is 6.03 Å². The van der Waals surface area contributed by atoms with Gasteiger partial charge in [0.1, 0.15) is 11.4 Å². The summed E-state index contributed by atoms with van der Waals surface area (Å²) in [6.45, 7) is 8.35. The Kier molecular flexibility index (Phi) is 9.90. The summed E-state index contributed by atoms with van der Waals surface area (Å²) in [6.07, 6.45) is 3.37. The van der Waals surface area contributed by atoms with E-state index in [4.69, 9.17) is 19.3 Å². The topological polar surface area (TPSA) is 132 Å². The third-order valence-electron chi connectivity index (χ3n) is 8.03. The fraction of sp³-hybridized carbons (Fsp3) is 0.484. The average molecular weight is 592 g/mol. The lowest BCUT2D eigenvalue weighted by atomic mass is 10.1. The number of nitrogens with zero attached hydrogens (tertiary/aromatic N) is 4. The first kappa shape index (κ1) is 30.5. The summed E-state index contributed by atoms with van der Waals surface area (Å²) in [6, 6.07) is 10.9. The number of methoxy groups -OCH3 is 2. The van der Waals surface area contributed by atoms with Gasteiger partial charge in [-0.25, -0.2) is 14.5 Å². The first-order chi connectivity index (χ1) is 20.9. The predicted octanol–water partition coefficient (Wildman–Crippen LogP) is 3.25. The number of nitrogens with one attached hydrogen (secondary N) is 3. The van der Waals surface area contributed by atoms with E-state index in [1.165, 1.54) is 7.11 Å². The van der Waals surface area contributed by atoms with Crippen LogP contribution in [0.2, 0.25) is 0 Å². The summed E-state index contributed by atoms with van der Waals surface area (Å²) in [5.74, 6) is 0.765. The Morgan fingerprint density at radius 2 is 1.95 bits per heavy atom. The number of benzene rings is 1. The molecular formula is C31H41N7O5. The van der Waals surface area contributed by atoms with Crippen molar-refractivity contribution in [2.75, 3.05) is 59.0 Å². The second kappa shape index (κ2) is 14.0. The number of hydrogen-bond donors (Lipinski definition) is 3. The van der Waals surface area contributed by atoms with Crippen LogP contribution in [0.15, 0.2) is 42.6 Å². The van der Waals surface area contributed by atoms with Gasteiger partial charge in [0.05, 0.1) is 37.7 Å². The lowest BCUT2D eigenvalue weighted by Crippen LogP contribution is -2.42. The SMILES string of the molecule is COCCN1C[C@@H](C)[C@H](NC(=O)Nc2c(C)c(-c3cnc(OC)c(C(=O)N[C@@H]4CCCOC4)c3)nn2-c2ccccc2)C1. The summed E-state index contributed by atoms with van der Waals surface area (Å²) in [7, 11) is 3.18. The summed E-state index contributed by atoms with van der Waals surface area (Å²) in [5, 5.41) is 14.1. The van der Waals surface area contributed by atoms with Gasteiger partial charge in [-0.2, -0.15) is 5.10 Å². The second-order valence-corrected chi connectivity index (χ2v) is 11.2. The molecule has 3 aromatic rings. The maximum Gasteiger partial charge on any atom is 0.320 e. The highest BCUT2D eigenvalue weighted by atomic mass is 16.5. The van der Waals surface area contributed by atoms with Crippen LogP contribution in [0.25, 0.3) is 16.9 Å². The third-order valence-corrected chi connectivity index (χ3v) is 8.03. The van der Waals surface area contributed by atoms with E-state index in [-0.39, 0.29) is 29.9 Å². The number of urea groups is 1. The minimum Gasteiger partial charge on any atom is -0.480 e. The van der Waals surface area contributed by atoms with Gasteiger partial charge in [0.15, 0.2) is 0 Å². The smallest absolute Gasteiger partial charge is 0.320 e. The number of anilines is 1. The maximum atomic E-state index is 13.3. The van der Waals surface area contributed by atoms with E-state index in [1.54, 1.807) is 24.1 Å². The van der Waals surface area contributed by atoms with Crippen LogP contribution < -0.4 is 20.7 Å². The lowest BCUT2D eigenvalue weighted by molar-refractivity contribution is 0.0622. The summed E-state index contributed by atoms with van der Waals surface area (Å²) in [5.41, 5.74) is 3.03. The standard InChI is InChI=1S/C31H41N7O5/c1-20-17-37(12-14-41-3)18-26(20)34-31(40)35-28-21(2)27(36-38(28)24-10-6-5-7-11-24)22-15-25(30(42-4)32-16-22)29(39)33-23-9-8-13-43-19-23/h5-7,10-11,15-16,20,23,26H,8-9,12-14,17-19H2,1-4H3,(H,33,39)(H2,34,35,40)/t20-,23-,26-/m1/s1. The second-order valence-electron chi connectivity index (χ2n) is 11.2. The van der Waals surface area contributed by atoms with Crippen molar-refractivity contribution in [1.82, 2.24) is 30.3 Å². The minimum atomic E-state index is -0.306. The highest BCUT2D eigenvalue weighted by molar-refractivity contribution is 5.98. The van der Waals surface area contributed by atoms with Gasteiger partial charge in [-0.3, -0.25) is 15.0 Å². The largest absolute Gasteiger partial charge is 0.480 e. The van der Waals surface area contributed by atoms with Crippen molar-refractivity contribution in [3.05, 3.63) is 53.7 Å². The Balaban J connectivity index is 1.42. The molecule has 4 heterocycles. The highest BCUT2D eigenvalue weighted by Gasteiger charge is 2.31. The predicted molar refractivity (Wildman–Crippen MR) is 163 cm³/mol. The molecule has 3 atom stereocenters. The van der Waals surface area contributed by atoms with E-state index in [0.717, 1.165) is 43.7 Å². The third kappa shape index (κ3) is 7.15. The number of carbonyl (C=O) groups is 2. The molecule has 1 aromatic carbocycles. The van der Waals surface area contributed by atoms with E-state index in [1.807, 2.05) is 37.3 Å². The van der Waals surface area contributed by atoms with Crippen LogP contribution in [0.4, 0.5) is 10.6 Å². The Labute approximate surface area is 252 Å². The number of amides is 3. The molecule has 2 aliphatic heterocycles. The van der Waals surface area contributed by atoms with Crippen molar-refractivity contribution in [2.24, 2.45) is 5.92 Å². The number of hydrogen-bond acceptors (Lipinski definition) is 8. The van der Waals surface area contributed by atoms with Crippen molar-refractivity contribution in [1.29, 1.82) is 0 Å². The Hall–Kier alpha value is -4.00. The molecule has 0 unspecified atom stereocenters. The maximum absolute atomic E-state index is 13.3. The zero-order valence-electron chi connectivity index (χ0n) is 25.3. The Bertz CT molecular complexity index is 1410. The van der Waals surface area contributed by atoms with Gasteiger partial charge in [0.25, 0.3) is 5.91 Å². The number of rotatable bonds is 10. The molecule has 5 rings (SSSR count). The molecule has 3 amide bonds. The first-order valence-corrected chi connectivity index (χ1v) is 14.7. The number of carbonyl (C=O) groups excluding carboxylic acids is 2. The molecule has 0 aliphatic carbocycles. The Morgan fingerprint density at radius 1 is 1.14 bits per heavy atom. The monoisotopic (exact) mass is 591 g/mol. The van der Waals surface area contributed by atoms with Crippen molar-refractivity contribution < 1.29 is 23.8 Å². The van der Waals surface area contributed by atoms with Gasteiger partial charge < -0.3 is 24.8 Å². The first-order valence-electron chi connectivity index (χ1n) is 14.7. The average Bonchev–Trinajstić information content (AvgIpc) is 3.54. The molecule has 0 radical (unpaired) electrons. The fourth-order valence-corrected chi connectivity index (χ4v) is 5.67. The van der Waals surface area contributed by atoms with Crippen molar-refractivity contribution >= 4 is 17.8 Å². The molecule has 2 fully saturated rings. The molecule has 2 aromatic heterocycles. The van der Waals surface area contributed by atoms with E-state index in [9.17, 15) is 9.59 Å². The zero-order chi connectivity index (χ0) is 30.3. The van der Waals surface area contributed by atoms with E-state index in [0.29, 0.717) is 48.4 Å². The molecule has 12 heteroatoms. The van der Waals surface area contributed by atoms with E-state index < -0.39 is 0 Å². The molecule has 2 saturated heterocycles. The van der Waals surface area contributed by atoms with Crippen LogP contribution in [0.5, 0.6) is 5.88 Å². The van der Waals surface area contributed by atoms with E-state index in [2.05, 4.69) is 32.8 Å². The lowest BCUT2D eigenvalue weighted by Gasteiger charge is -2.23. The molecule has 0 bridgehead atoms. The van der Waals surface area contributed by atoms with Crippen LogP contribution in [-0.4, -0.2) is 97.4 Å². The summed E-state index contributed by atoms with van der Waals surface area (Å²) >= 11 is 0. The van der Waals surface area contributed by atoms with Crippen molar-refractivity contribution in [3.8, 4) is 22.8 Å². The van der Waals surface area contributed by atoms with E-state index >= 15 is 0 Å². The number of aromatic nitrogens is 3. The molecule has 230 valence electrons. The van der Waals surface area contributed by atoms with Gasteiger partial charge in [-0.05, 0) is 43.9 Å². The molecule has 43 heavy (non-hydrogen) atoms. The molecule has 0 saturated carbocycles. The quantitative estimate of drug-likeness (QED) is 0.328. The number of ether oxygens (including phenoxy) is 3. The number of likely N-dealkylation sites (tertiary alicyclic amines) is 1. The molecular weight excluding hydrogens is 550 g/mol. The normalized spacial score (nSPS) is 20.5. The molecule has 2 aliphatic rings. The van der Waals surface area contributed by atoms with Crippen molar-refractivity contribution in [2.45, 2.75) is 38.8 Å². The number of pyridine rings is 1. The molecule has 12 nitrogen and oxygen atoms in total. The summed E-state index contributed by atoms with van der Waals surface area (Å²) < 4.78 is 17.9. The van der Waals surface area contributed by atoms with Crippen LogP contribution in [0, 0.1) is 12.8 Å². The zero-order valence-corrected chi connectivity index (χ0v) is 25.3. The van der Waals surface area contributed by atoms with Crippen LogP contribution in [-0.2, 0) is 9.47 Å². The van der Waals surface area contributed by atoms with Gasteiger partial charge in [-0.15, -0.1) is 0 Å². The fourth-order valence-electron chi connectivity index (χ4n) is 5.67. The summed E-state index contributed by atoms with van der Waals surface area (Å²) in [4.78, 5) is 33.3. The van der Waals surface area contributed by atoms with Crippen molar-refractivity contribution in [3.63, 3.8) is 0 Å². The molecule has 3 N–H and O–H groups in total. The van der Waals surface area contributed by atoms with Crippen LogP contribution in [0.3, 0.4) is 0 Å². The minimum absolute atomic E-state index is 0.00570. The van der Waals surface area contributed by atoms with Gasteiger partial charge in [-0.1, -0.05) is 25.1 Å². The van der Waals surface area contributed by atoms with Crippen LogP contribution in [0.1, 0.15) is 35.7 Å². The highest BCUT2D eigenvalue weighted by Crippen LogP contribution is 2.32. The van der Waals surface area contributed by atoms with Gasteiger partial charge in [0, 0.05) is 56.7 Å². The van der Waals surface area contributed by atoms with Gasteiger partial charge in [0.2, 0.25) is 5.88 Å². The Morgan fingerprint density at radius 3 is 2.67 bits per heavy atom. The number of para-hydroxylation sites is 1. The van der Waals surface area contributed by atoms with Crippen LogP contribution >= 0.6 is 0 Å². The molecule has 0 spiro atoms.